The first-order valence-electron chi connectivity index (χ1n) is 5.95. The van der Waals surface area contributed by atoms with Gasteiger partial charge in [0.2, 0.25) is 0 Å². The molecule has 1 N–H and O–H groups in total. The van der Waals surface area contributed by atoms with Crippen molar-refractivity contribution in [2.24, 2.45) is 0 Å². The fourth-order valence-corrected chi connectivity index (χ4v) is 3.16. The van der Waals surface area contributed by atoms with Gasteiger partial charge in [-0.3, -0.25) is 4.79 Å². The molecule has 1 heterocycles. The average Bonchev–Trinajstić information content (AvgIpc) is 2.81. The van der Waals surface area contributed by atoms with Crippen LogP contribution in [-0.2, 0) is 4.74 Å². The minimum absolute atomic E-state index is 0.0338. The van der Waals surface area contributed by atoms with E-state index in [0.29, 0.717) is 10.6 Å². The van der Waals surface area contributed by atoms with Crippen LogP contribution in [0.3, 0.4) is 0 Å². The van der Waals surface area contributed by atoms with Crippen LogP contribution in [0.4, 0.5) is 0 Å². The molecule has 1 saturated heterocycles. The molecule has 0 saturated carbocycles. The van der Waals surface area contributed by atoms with Gasteiger partial charge in [-0.15, -0.1) is 0 Å². The van der Waals surface area contributed by atoms with E-state index in [0.717, 1.165) is 23.0 Å². The van der Waals surface area contributed by atoms with Crippen molar-refractivity contribution in [2.45, 2.75) is 31.9 Å². The Morgan fingerprint density at radius 1 is 1.61 bits per heavy atom. The summed E-state index contributed by atoms with van der Waals surface area (Å²) in [6.07, 6.45) is 2.22. The van der Waals surface area contributed by atoms with E-state index in [2.05, 4.69) is 27.9 Å². The van der Waals surface area contributed by atoms with E-state index in [-0.39, 0.29) is 18.1 Å². The molecule has 98 valence electrons. The summed E-state index contributed by atoms with van der Waals surface area (Å²) in [6, 6.07) is 5.30. The van der Waals surface area contributed by atoms with Gasteiger partial charge in [0.1, 0.15) is 0 Å². The van der Waals surface area contributed by atoms with Gasteiger partial charge in [0.25, 0.3) is 5.91 Å². The number of hydrogen-bond donors (Lipinski definition) is 1. The fraction of sp³-hybridized carbons (Fsp3) is 0.462. The number of hydrogen-bond acceptors (Lipinski definition) is 2. The minimum atomic E-state index is -0.0703. The quantitative estimate of drug-likeness (QED) is 0.819. The molecule has 1 fully saturated rings. The summed E-state index contributed by atoms with van der Waals surface area (Å²) in [5, 5.41) is 3.63. The van der Waals surface area contributed by atoms with Crippen LogP contribution < -0.4 is 5.32 Å². The summed E-state index contributed by atoms with van der Waals surface area (Å²) in [4.78, 5) is 12.1. The summed E-state index contributed by atoms with van der Waals surface area (Å²) in [5.74, 6) is -0.0703. The van der Waals surface area contributed by atoms with Crippen molar-refractivity contribution in [1.82, 2.24) is 5.32 Å². The van der Waals surface area contributed by atoms with E-state index >= 15 is 0 Å². The van der Waals surface area contributed by atoms with Crippen LogP contribution in [0.1, 0.15) is 30.1 Å². The summed E-state index contributed by atoms with van der Waals surface area (Å²) in [5.41, 5.74) is 0.657. The molecule has 0 bridgehead atoms. The van der Waals surface area contributed by atoms with E-state index in [9.17, 15) is 4.79 Å². The Labute approximate surface area is 125 Å². The highest BCUT2D eigenvalue weighted by Crippen LogP contribution is 2.19. The lowest BCUT2D eigenvalue weighted by atomic mass is 10.1. The summed E-state index contributed by atoms with van der Waals surface area (Å²) >= 11 is 7.99. The molecule has 0 aromatic heterocycles. The molecule has 0 aliphatic carbocycles. The Kier molecular flexibility index (Phi) is 4.86. The Morgan fingerprint density at radius 2 is 2.39 bits per heavy atom. The number of rotatable bonds is 3. The largest absolute Gasteiger partial charge is 0.376 e. The van der Waals surface area contributed by atoms with E-state index in [1.165, 1.54) is 0 Å². The molecule has 1 aliphatic heterocycles. The second kappa shape index (κ2) is 6.21. The maximum absolute atomic E-state index is 12.1. The van der Waals surface area contributed by atoms with Crippen molar-refractivity contribution < 1.29 is 9.53 Å². The van der Waals surface area contributed by atoms with Crippen LogP contribution in [0.5, 0.6) is 0 Å². The fourth-order valence-electron chi connectivity index (χ4n) is 2.05. The van der Waals surface area contributed by atoms with Gasteiger partial charge < -0.3 is 10.1 Å². The summed E-state index contributed by atoms with van der Waals surface area (Å²) in [7, 11) is 0. The van der Waals surface area contributed by atoms with Crippen LogP contribution in [0.2, 0.25) is 5.02 Å². The Morgan fingerprint density at radius 3 is 3.00 bits per heavy atom. The third kappa shape index (κ3) is 3.36. The van der Waals surface area contributed by atoms with Crippen molar-refractivity contribution in [3.8, 4) is 0 Å². The molecule has 2 atom stereocenters. The number of benzene rings is 1. The molecular formula is C13H15ClINO2. The monoisotopic (exact) mass is 379 g/mol. The third-order valence-corrected chi connectivity index (χ3v) is 4.18. The number of carbonyl (C=O) groups excluding carboxylic acids is 1. The number of halogens is 2. The maximum Gasteiger partial charge on any atom is 0.252 e. The van der Waals surface area contributed by atoms with Gasteiger partial charge in [-0.25, -0.2) is 0 Å². The van der Waals surface area contributed by atoms with Gasteiger partial charge >= 0.3 is 0 Å². The number of ether oxygens (including phenoxy) is 1. The van der Waals surface area contributed by atoms with Gasteiger partial charge in [0, 0.05) is 15.2 Å². The van der Waals surface area contributed by atoms with Gasteiger partial charge in [0.15, 0.2) is 0 Å². The lowest BCUT2D eigenvalue weighted by molar-refractivity contribution is 0.0712. The molecule has 18 heavy (non-hydrogen) atoms. The van der Waals surface area contributed by atoms with Crippen molar-refractivity contribution >= 4 is 40.1 Å². The van der Waals surface area contributed by atoms with Crippen LogP contribution in [-0.4, -0.2) is 24.7 Å². The summed E-state index contributed by atoms with van der Waals surface area (Å²) < 4.78 is 6.42. The van der Waals surface area contributed by atoms with Crippen molar-refractivity contribution in [3.05, 3.63) is 32.4 Å². The molecule has 1 aromatic carbocycles. The van der Waals surface area contributed by atoms with Crippen molar-refractivity contribution in [2.75, 3.05) is 6.61 Å². The van der Waals surface area contributed by atoms with Crippen LogP contribution in [0, 0.1) is 3.57 Å². The molecule has 0 radical (unpaired) electrons. The van der Waals surface area contributed by atoms with Gasteiger partial charge in [0.05, 0.1) is 17.7 Å². The van der Waals surface area contributed by atoms with E-state index in [1.807, 2.05) is 6.92 Å². The minimum Gasteiger partial charge on any atom is -0.376 e. The highest BCUT2D eigenvalue weighted by atomic mass is 127. The molecule has 0 spiro atoms. The average molecular weight is 380 g/mol. The van der Waals surface area contributed by atoms with Crippen LogP contribution >= 0.6 is 34.2 Å². The predicted octanol–water partition coefficient (Wildman–Crippen LogP) is 3.24. The molecule has 3 nitrogen and oxygen atoms in total. The second-order valence-electron chi connectivity index (χ2n) is 4.44. The Bertz CT molecular complexity index is 447. The highest BCUT2D eigenvalue weighted by Gasteiger charge is 2.24. The van der Waals surface area contributed by atoms with E-state index < -0.39 is 0 Å². The molecule has 1 amide bonds. The van der Waals surface area contributed by atoms with Crippen molar-refractivity contribution in [3.63, 3.8) is 0 Å². The summed E-state index contributed by atoms with van der Waals surface area (Å²) in [6.45, 7) is 2.78. The van der Waals surface area contributed by atoms with Crippen LogP contribution in [0.15, 0.2) is 18.2 Å². The molecule has 0 unspecified atom stereocenters. The zero-order valence-electron chi connectivity index (χ0n) is 10.1. The smallest absolute Gasteiger partial charge is 0.252 e. The lowest BCUT2D eigenvalue weighted by Crippen LogP contribution is -2.41. The number of carbonyl (C=O) groups is 1. The second-order valence-corrected chi connectivity index (χ2v) is 6.04. The molecule has 1 aromatic rings. The van der Waals surface area contributed by atoms with Gasteiger partial charge in [-0.2, -0.15) is 0 Å². The van der Waals surface area contributed by atoms with Crippen molar-refractivity contribution in [1.29, 1.82) is 0 Å². The zero-order chi connectivity index (χ0) is 13.1. The first-order chi connectivity index (χ1) is 8.58. The first kappa shape index (κ1) is 14.1. The number of amides is 1. The third-order valence-electron chi connectivity index (χ3n) is 3.06. The van der Waals surface area contributed by atoms with Crippen LogP contribution in [0.25, 0.3) is 0 Å². The zero-order valence-corrected chi connectivity index (χ0v) is 13.0. The molecule has 5 heteroatoms. The van der Waals surface area contributed by atoms with Gasteiger partial charge in [-0.1, -0.05) is 11.6 Å². The first-order valence-corrected chi connectivity index (χ1v) is 7.41. The predicted molar refractivity (Wildman–Crippen MR) is 80.1 cm³/mol. The standard InChI is InChI=1S/C13H15ClINO2/c1-8(12-3-2-6-18-12)16-13(17)10-5-4-9(14)7-11(10)15/h4-5,7-8,12H,2-3,6H2,1H3,(H,16,17)/t8-,12-/m1/s1. The number of nitrogens with one attached hydrogen (secondary N) is 1. The maximum atomic E-state index is 12.1. The normalized spacial score (nSPS) is 20.7. The lowest BCUT2D eigenvalue weighted by Gasteiger charge is -2.20. The Hall–Kier alpha value is -0.330. The van der Waals surface area contributed by atoms with Gasteiger partial charge in [-0.05, 0) is 60.6 Å². The topological polar surface area (TPSA) is 38.3 Å². The molecule has 1 aliphatic rings. The molecule has 2 rings (SSSR count). The highest BCUT2D eigenvalue weighted by molar-refractivity contribution is 14.1. The Balaban J connectivity index is 2.02. The molecular weight excluding hydrogens is 365 g/mol. The SMILES string of the molecule is C[C@@H](NC(=O)c1ccc(Cl)cc1I)[C@H]1CCCO1. The van der Waals surface area contributed by atoms with E-state index in [4.69, 9.17) is 16.3 Å². The van der Waals surface area contributed by atoms with E-state index in [1.54, 1.807) is 18.2 Å².